The van der Waals surface area contributed by atoms with Crippen LogP contribution in [0.5, 0.6) is 0 Å². The quantitative estimate of drug-likeness (QED) is 0.559. The molecule has 0 bridgehead atoms. The molecule has 0 radical (unpaired) electrons. The van der Waals surface area contributed by atoms with Crippen molar-refractivity contribution in [2.24, 2.45) is 0 Å². The Balaban J connectivity index is 3.56. The summed E-state index contributed by atoms with van der Waals surface area (Å²) < 4.78 is 93.9. The molecular formula is C6H3BrF6O2S2. The monoisotopic (exact) mass is 364 g/mol. The highest BCUT2D eigenvalue weighted by atomic mass is 79.9. The zero-order valence-electron chi connectivity index (χ0n) is 7.51. The topological polar surface area (TPSA) is 34.1 Å². The van der Waals surface area contributed by atoms with Crippen LogP contribution in [-0.2, 0) is 10.2 Å². The van der Waals surface area contributed by atoms with Gasteiger partial charge in [-0.1, -0.05) is 19.4 Å². The van der Waals surface area contributed by atoms with Crippen molar-refractivity contribution in [1.29, 1.82) is 0 Å². The van der Waals surface area contributed by atoms with Crippen molar-refractivity contribution in [2.45, 2.75) is 9.79 Å². The number of hydrogen-bond acceptors (Lipinski definition) is 2. The molecule has 0 saturated heterocycles. The molecular weight excluding hydrogens is 362 g/mol. The minimum Gasteiger partial charge on any atom is -0.189 e. The normalized spacial score (nSPS) is 17.4. The maximum atomic E-state index is 12.5. The first kappa shape index (κ1) is 14.6. The van der Waals surface area contributed by atoms with Gasteiger partial charge in [0.2, 0.25) is 0 Å². The maximum Gasteiger partial charge on any atom is 0.333 e. The highest BCUT2D eigenvalue weighted by molar-refractivity contribution is 9.10. The van der Waals surface area contributed by atoms with Gasteiger partial charge in [0.05, 0.1) is 0 Å². The number of benzene rings is 1. The molecule has 0 aliphatic carbocycles. The van der Waals surface area contributed by atoms with Gasteiger partial charge in [-0.25, -0.2) is 0 Å². The molecule has 0 unspecified atom stereocenters. The molecule has 0 fully saturated rings. The van der Waals surface area contributed by atoms with Crippen LogP contribution in [0.4, 0.5) is 23.3 Å². The third kappa shape index (κ3) is 3.52. The molecule has 0 saturated carbocycles. The van der Waals surface area contributed by atoms with Crippen molar-refractivity contribution in [2.75, 3.05) is 0 Å². The Morgan fingerprint density at radius 1 is 1.06 bits per heavy atom. The summed E-state index contributed by atoms with van der Waals surface area (Å²) in [7, 11) is -15.2. The van der Waals surface area contributed by atoms with Crippen LogP contribution in [-0.4, -0.2) is 8.42 Å². The van der Waals surface area contributed by atoms with Crippen LogP contribution in [0.3, 0.4) is 0 Å². The van der Waals surface area contributed by atoms with Gasteiger partial charge in [0.1, 0.15) is 9.79 Å². The number of hydrogen-bond donors (Lipinski definition) is 0. The van der Waals surface area contributed by atoms with Crippen LogP contribution in [0.1, 0.15) is 0 Å². The van der Waals surface area contributed by atoms with Gasteiger partial charge in [-0.3, -0.25) is 0 Å². The van der Waals surface area contributed by atoms with Crippen molar-refractivity contribution in [3.05, 3.63) is 22.7 Å². The SMILES string of the molecule is O=S(=O)(F)c1ccc(S(F)(F)(F)(F)F)cc1Br. The van der Waals surface area contributed by atoms with Gasteiger partial charge in [-0.2, -0.15) is 8.42 Å². The number of rotatable bonds is 2. The van der Waals surface area contributed by atoms with Crippen molar-refractivity contribution in [3.63, 3.8) is 0 Å². The van der Waals surface area contributed by atoms with Gasteiger partial charge < -0.3 is 0 Å². The van der Waals surface area contributed by atoms with Crippen LogP contribution < -0.4 is 0 Å². The lowest BCUT2D eigenvalue weighted by atomic mass is 10.4. The summed E-state index contributed by atoms with van der Waals surface area (Å²) in [5.41, 5.74) is 0. The Hall–Kier alpha value is -0.420. The molecule has 0 aliphatic rings. The van der Waals surface area contributed by atoms with Crippen molar-refractivity contribution in [1.82, 2.24) is 0 Å². The molecule has 0 spiro atoms. The van der Waals surface area contributed by atoms with E-state index < -0.39 is 34.7 Å². The Morgan fingerprint density at radius 3 is 1.82 bits per heavy atom. The molecule has 0 amide bonds. The van der Waals surface area contributed by atoms with Crippen LogP contribution in [0, 0.1) is 0 Å². The minimum absolute atomic E-state index is 0.118. The van der Waals surface area contributed by atoms with E-state index in [4.69, 9.17) is 0 Å². The average molecular weight is 365 g/mol. The standard InChI is InChI=1S/C6H3BrF6O2S2/c7-5-3-4(17(9,10,11,12)13)1-2-6(5)16(8,14)15/h1-3H. The summed E-state index contributed by atoms with van der Waals surface area (Å²) >= 11 is 2.29. The molecule has 1 aromatic rings. The summed E-state index contributed by atoms with van der Waals surface area (Å²) in [6.45, 7) is 0. The lowest BCUT2D eigenvalue weighted by molar-refractivity contribution is 0.363. The second-order valence-electron chi connectivity index (χ2n) is 3.00. The van der Waals surface area contributed by atoms with E-state index in [0.717, 1.165) is 0 Å². The first-order valence-electron chi connectivity index (χ1n) is 3.59. The van der Waals surface area contributed by atoms with Crippen molar-refractivity contribution in [3.8, 4) is 0 Å². The van der Waals surface area contributed by atoms with Gasteiger partial charge in [0.25, 0.3) is 0 Å². The van der Waals surface area contributed by atoms with E-state index in [1.165, 1.54) is 0 Å². The fourth-order valence-corrected chi connectivity index (χ4v) is 3.22. The van der Waals surface area contributed by atoms with E-state index in [9.17, 15) is 31.7 Å². The predicted octanol–water partition coefficient (Wildman–Crippen LogP) is 4.76. The molecule has 17 heavy (non-hydrogen) atoms. The van der Waals surface area contributed by atoms with Crippen LogP contribution in [0.15, 0.2) is 32.5 Å². The van der Waals surface area contributed by atoms with Gasteiger partial charge >= 0.3 is 20.4 Å². The Morgan fingerprint density at radius 2 is 1.53 bits per heavy atom. The molecule has 0 aromatic heterocycles. The molecule has 11 heteroatoms. The summed E-state index contributed by atoms with van der Waals surface area (Å²) in [6, 6.07) is -0.237. The molecule has 0 atom stereocenters. The Bertz CT molecular complexity index is 578. The molecule has 100 valence electrons. The van der Waals surface area contributed by atoms with Gasteiger partial charge in [-0.15, -0.1) is 3.89 Å². The van der Waals surface area contributed by atoms with E-state index in [1.807, 2.05) is 0 Å². The zero-order valence-corrected chi connectivity index (χ0v) is 10.7. The predicted molar refractivity (Wildman–Crippen MR) is 53.8 cm³/mol. The fraction of sp³-hybridized carbons (Fsp3) is 0. The second kappa shape index (κ2) is 3.12. The Kier molecular flexibility index (Phi) is 2.69. The van der Waals surface area contributed by atoms with Crippen LogP contribution in [0.25, 0.3) is 0 Å². The molecule has 0 aliphatic heterocycles. The number of halogens is 7. The molecule has 0 heterocycles. The largest absolute Gasteiger partial charge is 0.333 e. The lowest BCUT2D eigenvalue weighted by Crippen LogP contribution is -2.06. The zero-order chi connectivity index (χ0) is 13.8. The van der Waals surface area contributed by atoms with Crippen molar-refractivity contribution < 1.29 is 31.7 Å². The first-order valence-corrected chi connectivity index (χ1v) is 7.72. The van der Waals surface area contributed by atoms with Gasteiger partial charge in [0.15, 0.2) is 0 Å². The molecule has 0 N–H and O–H groups in total. The van der Waals surface area contributed by atoms with Crippen molar-refractivity contribution >= 4 is 36.4 Å². The molecule has 2 nitrogen and oxygen atoms in total. The first-order chi connectivity index (χ1) is 7.11. The third-order valence-electron chi connectivity index (χ3n) is 1.61. The fourth-order valence-electron chi connectivity index (χ4n) is 0.919. The van der Waals surface area contributed by atoms with E-state index in [-0.39, 0.29) is 18.2 Å². The minimum atomic E-state index is -9.90. The van der Waals surface area contributed by atoms with E-state index >= 15 is 0 Å². The second-order valence-corrected chi connectivity index (χ2v) is 7.58. The molecule has 1 rings (SSSR count). The third-order valence-corrected chi connectivity index (χ3v) is 4.56. The summed E-state index contributed by atoms with van der Waals surface area (Å²) in [5, 5.41) is 0. The van der Waals surface area contributed by atoms with Crippen LogP contribution in [0.2, 0.25) is 0 Å². The van der Waals surface area contributed by atoms with Gasteiger partial charge in [-0.05, 0) is 34.1 Å². The average Bonchev–Trinajstić information content (AvgIpc) is 1.96. The van der Waals surface area contributed by atoms with E-state index in [0.29, 0.717) is 0 Å². The summed E-state index contributed by atoms with van der Waals surface area (Å²) in [5.74, 6) is 0. The summed E-state index contributed by atoms with van der Waals surface area (Å²) in [6.07, 6.45) is 0. The van der Waals surface area contributed by atoms with Gasteiger partial charge in [0, 0.05) is 4.47 Å². The summed E-state index contributed by atoms with van der Waals surface area (Å²) in [4.78, 5) is -3.45. The van der Waals surface area contributed by atoms with E-state index in [1.54, 1.807) is 0 Å². The maximum absolute atomic E-state index is 12.5. The highest BCUT2D eigenvalue weighted by Crippen LogP contribution is 3.02. The Labute approximate surface area is 101 Å². The van der Waals surface area contributed by atoms with Crippen LogP contribution >= 0.6 is 26.2 Å². The smallest absolute Gasteiger partial charge is 0.189 e. The van der Waals surface area contributed by atoms with E-state index in [2.05, 4.69) is 15.9 Å². The lowest BCUT2D eigenvalue weighted by Gasteiger charge is -2.40. The molecule has 1 aromatic carbocycles. The highest BCUT2D eigenvalue weighted by Gasteiger charge is 2.65.